The van der Waals surface area contributed by atoms with Crippen molar-refractivity contribution in [2.24, 2.45) is 0 Å². The van der Waals surface area contributed by atoms with Gasteiger partial charge in [0, 0.05) is 38.0 Å². The maximum Gasteiger partial charge on any atom is 0.136 e. The third-order valence-electron chi connectivity index (χ3n) is 12.2. The number of hydrogen-bond acceptors (Lipinski definition) is 5. The fraction of sp³-hybridized carbons (Fsp3) is 0.0769. The van der Waals surface area contributed by atoms with Gasteiger partial charge in [-0.1, -0.05) is 121 Å². The summed E-state index contributed by atoms with van der Waals surface area (Å²) in [4.78, 5) is 2.38. The lowest BCUT2D eigenvalue weighted by molar-refractivity contribution is 0.0424. The summed E-state index contributed by atoms with van der Waals surface area (Å²) in [5.41, 5.74) is 12.8. The Labute approximate surface area is 334 Å². The fourth-order valence-corrected chi connectivity index (χ4v) is 9.41. The average molecular weight is 751 g/mol. The lowest BCUT2D eigenvalue weighted by Crippen LogP contribution is -2.54. The topological polar surface area (TPSA) is 58.5 Å². The highest BCUT2D eigenvalue weighted by Gasteiger charge is 2.36. The second kappa shape index (κ2) is 13.0. The van der Waals surface area contributed by atoms with Gasteiger partial charge in [-0.2, -0.15) is 0 Å². The second-order valence-electron chi connectivity index (χ2n) is 15.5. The lowest BCUT2D eigenvalue weighted by atomic mass is 9.97. The molecule has 12 rings (SSSR count). The summed E-state index contributed by atoms with van der Waals surface area (Å²) in [5.74, 6) is 0. The molecule has 6 heteroatoms. The van der Waals surface area contributed by atoms with Crippen LogP contribution in [-0.4, -0.2) is 16.5 Å². The molecule has 278 valence electrons. The quantitative estimate of drug-likeness (QED) is 0.183. The third-order valence-corrected chi connectivity index (χ3v) is 12.2. The number of para-hydroxylation sites is 3. The van der Waals surface area contributed by atoms with Crippen LogP contribution < -0.4 is 10.6 Å². The first kappa shape index (κ1) is 33.2. The molecule has 0 radical (unpaired) electrons. The highest BCUT2D eigenvalue weighted by molar-refractivity contribution is 6.11. The van der Waals surface area contributed by atoms with Gasteiger partial charge in [-0.3, -0.25) is 15.5 Å². The van der Waals surface area contributed by atoms with Crippen molar-refractivity contribution in [2.75, 3.05) is 7.05 Å². The predicted molar refractivity (Wildman–Crippen MR) is 236 cm³/mol. The molecule has 3 atom stereocenters. The van der Waals surface area contributed by atoms with Crippen LogP contribution in [0.25, 0.3) is 82.5 Å². The molecule has 0 saturated carbocycles. The molecule has 0 spiro atoms. The SMILES string of the molecule is CN1C(c2ccccc2)NC(c2ccc3c(c2)oc2ccccc23)NC1c1cccc2oc3cc(-c4ccc5c(c4)c4ccccc4n5-c4ccccc4)ccc3c12. The number of benzene rings is 8. The number of hydrogen-bond donors (Lipinski definition) is 2. The molecule has 11 aromatic rings. The summed E-state index contributed by atoms with van der Waals surface area (Å²) in [6.45, 7) is 0. The molecule has 58 heavy (non-hydrogen) atoms. The van der Waals surface area contributed by atoms with Crippen molar-refractivity contribution < 1.29 is 8.83 Å². The Bertz CT molecular complexity index is 3340. The average Bonchev–Trinajstić information content (AvgIpc) is 3.96. The van der Waals surface area contributed by atoms with Gasteiger partial charge < -0.3 is 13.4 Å². The van der Waals surface area contributed by atoms with Crippen molar-refractivity contribution in [1.29, 1.82) is 0 Å². The second-order valence-corrected chi connectivity index (χ2v) is 15.5. The third kappa shape index (κ3) is 5.16. The van der Waals surface area contributed by atoms with Crippen molar-refractivity contribution in [3.8, 4) is 16.8 Å². The standard InChI is InChI=1S/C52H38N4O2/c1-55-51(32-13-4-2-5-14-32)53-50(35-24-26-39-38-18-9-11-21-45(38)57-47(39)31-35)54-52(55)41-19-12-22-46-49(41)40-27-23-34(30-48(40)58-46)33-25-28-44-42(29-33)37-17-8-10-20-43(37)56(44)36-15-6-3-7-16-36/h2-31,50-54H,1H3. The molecular weight excluding hydrogens is 713 g/mol. The van der Waals surface area contributed by atoms with Gasteiger partial charge in [0.05, 0.1) is 29.5 Å². The van der Waals surface area contributed by atoms with E-state index in [9.17, 15) is 0 Å². The Hall–Kier alpha value is -6.96. The van der Waals surface area contributed by atoms with Crippen molar-refractivity contribution in [3.63, 3.8) is 0 Å². The van der Waals surface area contributed by atoms with Crippen molar-refractivity contribution in [3.05, 3.63) is 199 Å². The van der Waals surface area contributed by atoms with Crippen LogP contribution in [0.5, 0.6) is 0 Å². The highest BCUT2D eigenvalue weighted by atomic mass is 16.3. The van der Waals surface area contributed by atoms with E-state index in [1.54, 1.807) is 0 Å². The van der Waals surface area contributed by atoms with E-state index in [1.165, 1.54) is 32.9 Å². The van der Waals surface area contributed by atoms with E-state index in [1.807, 2.05) is 12.1 Å². The molecule has 0 aliphatic carbocycles. The molecule has 2 N–H and O–H groups in total. The van der Waals surface area contributed by atoms with Gasteiger partial charge in [-0.15, -0.1) is 0 Å². The van der Waals surface area contributed by atoms with Crippen molar-refractivity contribution >= 4 is 65.7 Å². The van der Waals surface area contributed by atoms with E-state index in [-0.39, 0.29) is 18.5 Å². The van der Waals surface area contributed by atoms with Gasteiger partial charge in [0.1, 0.15) is 22.3 Å². The molecule has 4 heterocycles. The molecule has 0 bridgehead atoms. The highest BCUT2D eigenvalue weighted by Crippen LogP contribution is 2.42. The van der Waals surface area contributed by atoms with E-state index in [2.05, 4.69) is 197 Å². The number of nitrogens with zero attached hydrogens (tertiary/aromatic N) is 2. The first-order valence-electron chi connectivity index (χ1n) is 19.9. The maximum absolute atomic E-state index is 6.72. The Morgan fingerprint density at radius 3 is 1.95 bits per heavy atom. The molecule has 1 aliphatic heterocycles. The Morgan fingerprint density at radius 1 is 0.431 bits per heavy atom. The minimum Gasteiger partial charge on any atom is -0.456 e. The van der Waals surface area contributed by atoms with Gasteiger partial charge in [0.25, 0.3) is 0 Å². The molecule has 3 aromatic heterocycles. The van der Waals surface area contributed by atoms with Gasteiger partial charge >= 0.3 is 0 Å². The predicted octanol–water partition coefficient (Wildman–Crippen LogP) is 12.8. The van der Waals surface area contributed by atoms with Gasteiger partial charge in [-0.25, -0.2) is 0 Å². The first-order chi connectivity index (χ1) is 28.7. The van der Waals surface area contributed by atoms with Crippen LogP contribution >= 0.6 is 0 Å². The van der Waals surface area contributed by atoms with Crippen LogP contribution in [0.15, 0.2) is 191 Å². The van der Waals surface area contributed by atoms with Crippen LogP contribution in [0, 0.1) is 0 Å². The van der Waals surface area contributed by atoms with Crippen LogP contribution in [0.3, 0.4) is 0 Å². The molecule has 1 aliphatic rings. The minimum atomic E-state index is -0.160. The largest absolute Gasteiger partial charge is 0.456 e. The van der Waals surface area contributed by atoms with E-state index >= 15 is 0 Å². The number of aromatic nitrogens is 1. The zero-order valence-corrected chi connectivity index (χ0v) is 31.8. The molecule has 1 saturated heterocycles. The summed E-state index contributed by atoms with van der Waals surface area (Å²) < 4.78 is 15.4. The summed E-state index contributed by atoms with van der Waals surface area (Å²) in [6, 6.07) is 64.7. The molecule has 3 unspecified atom stereocenters. The number of furan rings is 2. The number of rotatable bonds is 5. The summed E-state index contributed by atoms with van der Waals surface area (Å²) in [6.07, 6.45) is -0.366. The summed E-state index contributed by atoms with van der Waals surface area (Å²) in [5, 5.41) is 14.8. The maximum atomic E-state index is 6.72. The van der Waals surface area contributed by atoms with Crippen molar-refractivity contribution in [2.45, 2.75) is 18.5 Å². The van der Waals surface area contributed by atoms with Crippen LogP contribution in [0.4, 0.5) is 0 Å². The zero-order valence-electron chi connectivity index (χ0n) is 31.8. The summed E-state index contributed by atoms with van der Waals surface area (Å²) >= 11 is 0. The molecular formula is C52H38N4O2. The first-order valence-corrected chi connectivity index (χ1v) is 19.9. The Kier molecular flexibility index (Phi) is 7.47. The van der Waals surface area contributed by atoms with E-state index in [0.29, 0.717) is 0 Å². The van der Waals surface area contributed by atoms with E-state index < -0.39 is 0 Å². The van der Waals surface area contributed by atoms with Gasteiger partial charge in [0.15, 0.2) is 0 Å². The van der Waals surface area contributed by atoms with Gasteiger partial charge in [0.2, 0.25) is 0 Å². The Balaban J connectivity index is 0.958. The van der Waals surface area contributed by atoms with Crippen molar-refractivity contribution in [1.82, 2.24) is 20.1 Å². The monoisotopic (exact) mass is 750 g/mol. The molecule has 0 amide bonds. The molecule has 6 nitrogen and oxygen atoms in total. The lowest BCUT2D eigenvalue weighted by Gasteiger charge is -2.45. The van der Waals surface area contributed by atoms with Crippen LogP contribution in [0.1, 0.15) is 35.2 Å². The van der Waals surface area contributed by atoms with E-state index in [0.717, 1.165) is 66.3 Å². The number of fused-ring (bicyclic) bond motifs is 9. The molecule has 1 fully saturated rings. The van der Waals surface area contributed by atoms with Crippen LogP contribution in [-0.2, 0) is 0 Å². The normalized spacial score (nSPS) is 17.7. The minimum absolute atomic E-state index is 0.0633. The molecule has 8 aromatic carbocycles. The van der Waals surface area contributed by atoms with Crippen LogP contribution in [0.2, 0.25) is 0 Å². The smallest absolute Gasteiger partial charge is 0.136 e. The summed E-state index contributed by atoms with van der Waals surface area (Å²) in [7, 11) is 2.19. The fourth-order valence-electron chi connectivity index (χ4n) is 9.41. The number of nitrogens with one attached hydrogen (secondary N) is 2. The van der Waals surface area contributed by atoms with E-state index in [4.69, 9.17) is 8.83 Å². The Morgan fingerprint density at radius 2 is 1.07 bits per heavy atom. The van der Waals surface area contributed by atoms with Gasteiger partial charge in [-0.05, 0) is 95.5 Å². The zero-order chi connectivity index (χ0) is 38.3.